The summed E-state index contributed by atoms with van der Waals surface area (Å²) in [6.45, 7) is 10.9. The predicted molar refractivity (Wildman–Crippen MR) is 111 cm³/mol. The Bertz CT molecular complexity index is 745. The van der Waals surface area contributed by atoms with E-state index in [1.807, 2.05) is 6.92 Å². The van der Waals surface area contributed by atoms with Crippen molar-refractivity contribution in [3.63, 3.8) is 0 Å². The van der Waals surface area contributed by atoms with Crippen LogP contribution in [0.5, 0.6) is 0 Å². The topological polar surface area (TPSA) is 50.7 Å². The molecule has 5 heteroatoms. The molecule has 160 valence electrons. The number of carbonyl (C=O) groups excluding carboxylic acids is 1. The van der Waals surface area contributed by atoms with Crippen LogP contribution < -0.4 is 5.32 Å². The summed E-state index contributed by atoms with van der Waals surface area (Å²) in [6.07, 6.45) is 6.30. The van der Waals surface area contributed by atoms with Gasteiger partial charge in [0.15, 0.2) is 12.0 Å². The Morgan fingerprint density at radius 1 is 1.21 bits per heavy atom. The lowest BCUT2D eigenvalue weighted by molar-refractivity contribution is -0.136. The Balaban J connectivity index is 1.36. The fourth-order valence-corrected chi connectivity index (χ4v) is 7.75. The van der Waals surface area contributed by atoms with Crippen molar-refractivity contribution in [1.82, 2.24) is 5.32 Å². The molecule has 4 saturated carbocycles. The van der Waals surface area contributed by atoms with Gasteiger partial charge in [-0.15, -0.1) is 0 Å². The molecule has 5 fully saturated rings. The van der Waals surface area contributed by atoms with E-state index in [-0.39, 0.29) is 23.2 Å². The van der Waals surface area contributed by atoms with Gasteiger partial charge in [-0.05, 0) is 80.6 Å². The van der Waals surface area contributed by atoms with Gasteiger partial charge in [-0.1, -0.05) is 31.2 Å². The molecule has 1 N–H and O–H groups in total. The number of nitrogens with one attached hydrogen (secondary N) is 1. The molecule has 0 aromatic rings. The third kappa shape index (κ3) is 2.94. The zero-order valence-corrected chi connectivity index (χ0v) is 17.9. The minimum absolute atomic E-state index is 0.129. The molecule has 4 aliphatic carbocycles. The molecule has 8 atom stereocenters. The minimum Gasteiger partial charge on any atom is -0.391 e. The van der Waals surface area contributed by atoms with Crippen LogP contribution in [-0.2, 0) is 9.63 Å². The highest BCUT2D eigenvalue weighted by Gasteiger charge is 2.63. The van der Waals surface area contributed by atoms with Gasteiger partial charge in [0.2, 0.25) is 0 Å². The fraction of sp³-hybridized carbons (Fsp3) is 0.833. The van der Waals surface area contributed by atoms with E-state index >= 15 is 0 Å². The molecule has 5 rings (SSSR count). The van der Waals surface area contributed by atoms with E-state index < -0.39 is 11.6 Å². The van der Waals surface area contributed by atoms with Crippen LogP contribution in [-0.4, -0.2) is 36.9 Å². The number of hydrogen-bond acceptors (Lipinski definition) is 4. The predicted octanol–water partition coefficient (Wildman–Crippen LogP) is 4.45. The number of alkyl halides is 1. The molecule has 0 aromatic heterocycles. The van der Waals surface area contributed by atoms with E-state index in [1.54, 1.807) is 0 Å². The number of hydrogen-bond donors (Lipinski definition) is 1. The normalized spacial score (nSPS) is 50.9. The second kappa shape index (κ2) is 6.90. The van der Waals surface area contributed by atoms with Crippen molar-refractivity contribution in [3.8, 4) is 0 Å². The average molecular weight is 403 g/mol. The molecule has 0 aromatic carbocycles. The molecule has 6 unspecified atom stereocenters. The number of allylic oxidation sites excluding steroid dienone is 1. The zero-order chi connectivity index (χ0) is 20.4. The molecule has 29 heavy (non-hydrogen) atoms. The molecule has 1 saturated heterocycles. The van der Waals surface area contributed by atoms with Crippen LogP contribution in [0.4, 0.5) is 4.39 Å². The Labute approximate surface area is 173 Å². The van der Waals surface area contributed by atoms with Gasteiger partial charge in [0.25, 0.3) is 0 Å². The Kier molecular flexibility index (Phi) is 4.69. The van der Waals surface area contributed by atoms with Gasteiger partial charge in [-0.2, -0.15) is 0 Å². The van der Waals surface area contributed by atoms with Gasteiger partial charge in [-0.25, -0.2) is 4.39 Å². The first-order valence-corrected chi connectivity index (χ1v) is 11.6. The highest BCUT2D eigenvalue weighted by molar-refractivity contribution is 5.91. The number of Topliss-reactive ketones (excluding diaryl/α,β-unsaturated/α-hetero) is 1. The molecular weight excluding hydrogens is 367 g/mol. The number of fused-ring (bicyclic) bond motifs is 5. The van der Waals surface area contributed by atoms with E-state index in [4.69, 9.17) is 4.84 Å². The van der Waals surface area contributed by atoms with Gasteiger partial charge in [-0.3, -0.25) is 4.79 Å². The van der Waals surface area contributed by atoms with Crippen LogP contribution in [0, 0.1) is 34.5 Å². The van der Waals surface area contributed by atoms with E-state index in [0.29, 0.717) is 24.2 Å². The van der Waals surface area contributed by atoms with E-state index in [9.17, 15) is 9.18 Å². The fourth-order valence-electron chi connectivity index (χ4n) is 7.75. The zero-order valence-electron chi connectivity index (χ0n) is 17.9. The van der Waals surface area contributed by atoms with Crippen molar-refractivity contribution >= 4 is 11.5 Å². The maximum atomic E-state index is 14.4. The lowest BCUT2D eigenvalue weighted by Gasteiger charge is -2.60. The first-order chi connectivity index (χ1) is 13.8. The molecule has 4 nitrogen and oxygen atoms in total. The largest absolute Gasteiger partial charge is 0.391 e. The number of nitrogens with zero attached hydrogens (tertiary/aromatic N) is 1. The summed E-state index contributed by atoms with van der Waals surface area (Å²) in [5.41, 5.74) is 2.21. The lowest BCUT2D eigenvalue weighted by Crippen LogP contribution is -2.54. The second-order valence-corrected chi connectivity index (χ2v) is 10.9. The van der Waals surface area contributed by atoms with Crippen LogP contribution in [0.2, 0.25) is 0 Å². The SMILES string of the molecule is C=C1CC2C(CC[C@]3(C)C(=O)C(F)CC23)[C@@]2(C)CCC(=NOC3CCNC3)CC12. The number of halogens is 1. The Hall–Kier alpha value is -1.23. The molecular formula is C24H35FN2O2. The summed E-state index contributed by atoms with van der Waals surface area (Å²) in [5, 5.41) is 7.87. The summed E-state index contributed by atoms with van der Waals surface area (Å²) in [6, 6.07) is 0. The van der Waals surface area contributed by atoms with Crippen molar-refractivity contribution in [2.45, 2.75) is 77.5 Å². The highest BCUT2D eigenvalue weighted by Crippen LogP contribution is 2.66. The maximum Gasteiger partial charge on any atom is 0.173 e. The van der Waals surface area contributed by atoms with Crippen LogP contribution in [0.1, 0.15) is 65.2 Å². The van der Waals surface area contributed by atoms with Crippen molar-refractivity contribution in [3.05, 3.63) is 12.2 Å². The van der Waals surface area contributed by atoms with Gasteiger partial charge in [0.05, 0.1) is 5.71 Å². The summed E-state index contributed by atoms with van der Waals surface area (Å²) in [4.78, 5) is 18.4. The third-order valence-corrected chi connectivity index (χ3v) is 9.51. The summed E-state index contributed by atoms with van der Waals surface area (Å²) in [7, 11) is 0. The number of carbonyl (C=O) groups is 1. The lowest BCUT2D eigenvalue weighted by atomic mass is 9.44. The summed E-state index contributed by atoms with van der Waals surface area (Å²) < 4.78 is 14.4. The van der Waals surface area contributed by atoms with Gasteiger partial charge < -0.3 is 10.2 Å². The van der Waals surface area contributed by atoms with E-state index in [0.717, 1.165) is 58.0 Å². The molecule has 0 spiro atoms. The van der Waals surface area contributed by atoms with Gasteiger partial charge in [0.1, 0.15) is 6.10 Å². The Morgan fingerprint density at radius 2 is 2.03 bits per heavy atom. The average Bonchev–Trinajstić information content (AvgIpc) is 3.29. The number of rotatable bonds is 2. The number of oxime groups is 1. The van der Waals surface area contributed by atoms with Gasteiger partial charge in [0, 0.05) is 18.4 Å². The van der Waals surface area contributed by atoms with E-state index in [1.165, 1.54) is 11.3 Å². The van der Waals surface area contributed by atoms with Crippen LogP contribution in [0.25, 0.3) is 0 Å². The molecule has 0 radical (unpaired) electrons. The first-order valence-electron chi connectivity index (χ1n) is 11.6. The molecule has 1 aliphatic heterocycles. The Morgan fingerprint density at radius 3 is 2.79 bits per heavy atom. The van der Waals surface area contributed by atoms with Crippen LogP contribution in [0.15, 0.2) is 17.3 Å². The third-order valence-electron chi connectivity index (χ3n) is 9.51. The standard InChI is InChI=1S/C24H35FN2O2/c1-14-10-17-18(5-8-24(3)20(17)12-21(25)22(24)28)23(2)7-4-15(11-19(14)23)27-29-16-6-9-26-13-16/h16-21,26H,1,4-13H2,2-3H3/t16?,17?,18?,19?,20?,21?,23-,24+/m1/s1. The van der Waals surface area contributed by atoms with Crippen molar-refractivity contribution < 1.29 is 14.0 Å². The number of ketones is 1. The van der Waals surface area contributed by atoms with Crippen molar-refractivity contribution in [1.29, 1.82) is 0 Å². The summed E-state index contributed by atoms with van der Waals surface area (Å²) >= 11 is 0. The van der Waals surface area contributed by atoms with Crippen LogP contribution >= 0.6 is 0 Å². The highest BCUT2D eigenvalue weighted by atomic mass is 19.1. The van der Waals surface area contributed by atoms with E-state index in [2.05, 4.69) is 24.0 Å². The quantitative estimate of drug-likeness (QED) is 0.548. The minimum atomic E-state index is -1.25. The smallest absolute Gasteiger partial charge is 0.173 e. The van der Waals surface area contributed by atoms with Crippen molar-refractivity contribution in [2.24, 2.45) is 39.7 Å². The monoisotopic (exact) mass is 402 g/mol. The maximum absolute atomic E-state index is 14.4. The van der Waals surface area contributed by atoms with Crippen molar-refractivity contribution in [2.75, 3.05) is 13.1 Å². The first kappa shape index (κ1) is 19.7. The molecule has 0 bridgehead atoms. The second-order valence-electron chi connectivity index (χ2n) is 10.9. The van der Waals surface area contributed by atoms with Crippen LogP contribution in [0.3, 0.4) is 0 Å². The molecule has 5 aliphatic rings. The molecule has 0 amide bonds. The summed E-state index contributed by atoms with van der Waals surface area (Å²) in [5.74, 6) is 1.47. The van der Waals surface area contributed by atoms with Gasteiger partial charge >= 0.3 is 0 Å². The molecule has 1 heterocycles.